The van der Waals surface area contributed by atoms with Gasteiger partial charge in [0.1, 0.15) is 0 Å². The molecule has 0 saturated carbocycles. The zero-order valence-corrected chi connectivity index (χ0v) is 13.3. The van der Waals surface area contributed by atoms with Crippen LogP contribution in [0.3, 0.4) is 0 Å². The lowest BCUT2D eigenvalue weighted by molar-refractivity contribution is 0.0949. The van der Waals surface area contributed by atoms with Gasteiger partial charge in [0.05, 0.1) is 0 Å². The Morgan fingerprint density at radius 3 is 2.87 bits per heavy atom. The zero-order valence-electron chi connectivity index (χ0n) is 13.3. The summed E-state index contributed by atoms with van der Waals surface area (Å²) in [6, 6.07) is 14.9. The quantitative estimate of drug-likeness (QED) is 0.915. The molecule has 3 heteroatoms. The largest absolute Gasteiger partial charge is 0.350 e. The lowest BCUT2D eigenvalue weighted by Gasteiger charge is -2.27. The molecule has 1 heterocycles. The number of fused-ring (bicyclic) bond motifs is 2. The third-order valence-corrected chi connectivity index (χ3v) is 5.04. The van der Waals surface area contributed by atoms with Gasteiger partial charge in [0.15, 0.2) is 0 Å². The fourth-order valence-electron chi connectivity index (χ4n) is 3.78. The standard InChI is InChI=1S/C20H22N2O/c23-20(17-9-8-14-5-3-6-16(14)12-17)22-13-19-18-7-2-1-4-15(18)10-11-21-19/h1-2,4,7-9,12,19,21H,3,5-6,10-11,13H2,(H,22,23). The molecule has 0 spiro atoms. The first-order valence-corrected chi connectivity index (χ1v) is 8.52. The highest BCUT2D eigenvalue weighted by Gasteiger charge is 2.20. The van der Waals surface area contributed by atoms with Crippen LogP contribution in [-0.2, 0) is 19.3 Å². The van der Waals surface area contributed by atoms with E-state index in [-0.39, 0.29) is 11.9 Å². The van der Waals surface area contributed by atoms with Gasteiger partial charge in [-0.2, -0.15) is 0 Å². The first-order chi connectivity index (χ1) is 11.3. The monoisotopic (exact) mass is 306 g/mol. The minimum absolute atomic E-state index is 0.0320. The van der Waals surface area contributed by atoms with Crippen LogP contribution in [0.4, 0.5) is 0 Å². The van der Waals surface area contributed by atoms with E-state index in [1.54, 1.807) is 0 Å². The second-order valence-corrected chi connectivity index (χ2v) is 6.50. The van der Waals surface area contributed by atoms with Crippen LogP contribution in [0.2, 0.25) is 0 Å². The Hall–Kier alpha value is -2.13. The molecule has 1 amide bonds. The number of benzene rings is 2. The lowest BCUT2D eigenvalue weighted by atomic mass is 9.94. The number of carbonyl (C=O) groups is 1. The summed E-state index contributed by atoms with van der Waals surface area (Å²) in [6.07, 6.45) is 4.53. The molecule has 1 aliphatic carbocycles. The third-order valence-electron chi connectivity index (χ3n) is 5.04. The molecule has 2 aromatic rings. The van der Waals surface area contributed by atoms with Crippen LogP contribution in [0.25, 0.3) is 0 Å². The predicted octanol–water partition coefficient (Wildman–Crippen LogP) is 2.79. The highest BCUT2D eigenvalue weighted by molar-refractivity contribution is 5.94. The van der Waals surface area contributed by atoms with Gasteiger partial charge < -0.3 is 10.6 Å². The SMILES string of the molecule is O=C(NCC1NCCc2ccccc21)c1ccc2c(c1)CCC2. The van der Waals surface area contributed by atoms with E-state index >= 15 is 0 Å². The van der Waals surface area contributed by atoms with Crippen LogP contribution < -0.4 is 10.6 Å². The van der Waals surface area contributed by atoms with E-state index in [4.69, 9.17) is 0 Å². The Balaban J connectivity index is 1.44. The number of rotatable bonds is 3. The summed E-state index contributed by atoms with van der Waals surface area (Å²) in [5.74, 6) is 0.0320. The fraction of sp³-hybridized carbons (Fsp3) is 0.350. The van der Waals surface area contributed by atoms with Crippen molar-refractivity contribution in [1.29, 1.82) is 0 Å². The van der Waals surface area contributed by atoms with Gasteiger partial charge in [-0.05, 0) is 66.6 Å². The highest BCUT2D eigenvalue weighted by Crippen LogP contribution is 2.24. The molecule has 1 unspecified atom stereocenters. The van der Waals surface area contributed by atoms with Gasteiger partial charge >= 0.3 is 0 Å². The van der Waals surface area contributed by atoms with Crippen LogP contribution in [-0.4, -0.2) is 19.0 Å². The maximum absolute atomic E-state index is 12.5. The molecule has 4 rings (SSSR count). The molecular formula is C20H22N2O. The molecule has 2 aromatic carbocycles. The Kier molecular flexibility index (Phi) is 3.88. The Bertz CT molecular complexity index is 738. The van der Waals surface area contributed by atoms with E-state index < -0.39 is 0 Å². The first-order valence-electron chi connectivity index (χ1n) is 8.52. The summed E-state index contributed by atoms with van der Waals surface area (Å²) in [5, 5.41) is 6.61. The van der Waals surface area contributed by atoms with Gasteiger partial charge in [0, 0.05) is 18.2 Å². The number of carbonyl (C=O) groups excluding carboxylic acids is 1. The summed E-state index contributed by atoms with van der Waals surface area (Å²) in [4.78, 5) is 12.5. The Labute approximate surface area is 137 Å². The van der Waals surface area contributed by atoms with Crippen molar-refractivity contribution in [2.45, 2.75) is 31.7 Å². The van der Waals surface area contributed by atoms with Gasteiger partial charge in [0.25, 0.3) is 5.91 Å². The van der Waals surface area contributed by atoms with Crippen LogP contribution >= 0.6 is 0 Å². The molecule has 2 N–H and O–H groups in total. The van der Waals surface area contributed by atoms with Crippen molar-refractivity contribution < 1.29 is 4.79 Å². The molecular weight excluding hydrogens is 284 g/mol. The van der Waals surface area contributed by atoms with E-state index in [0.717, 1.165) is 31.4 Å². The van der Waals surface area contributed by atoms with E-state index in [9.17, 15) is 4.79 Å². The number of hydrogen-bond acceptors (Lipinski definition) is 2. The average Bonchev–Trinajstić information content (AvgIpc) is 3.07. The Morgan fingerprint density at radius 1 is 1.04 bits per heavy atom. The van der Waals surface area contributed by atoms with Gasteiger partial charge in [-0.3, -0.25) is 4.79 Å². The van der Waals surface area contributed by atoms with E-state index in [0.29, 0.717) is 6.54 Å². The van der Waals surface area contributed by atoms with Crippen LogP contribution in [0.5, 0.6) is 0 Å². The molecule has 2 aliphatic rings. The minimum atomic E-state index is 0.0320. The maximum atomic E-state index is 12.5. The van der Waals surface area contributed by atoms with Crippen molar-refractivity contribution in [3.8, 4) is 0 Å². The number of nitrogens with one attached hydrogen (secondary N) is 2. The van der Waals surface area contributed by atoms with Crippen molar-refractivity contribution in [2.24, 2.45) is 0 Å². The highest BCUT2D eigenvalue weighted by atomic mass is 16.1. The molecule has 0 bridgehead atoms. The molecule has 23 heavy (non-hydrogen) atoms. The number of aryl methyl sites for hydroxylation is 2. The zero-order chi connectivity index (χ0) is 15.6. The molecule has 3 nitrogen and oxygen atoms in total. The molecule has 0 radical (unpaired) electrons. The topological polar surface area (TPSA) is 41.1 Å². The lowest BCUT2D eigenvalue weighted by Crippen LogP contribution is -2.38. The summed E-state index contributed by atoms with van der Waals surface area (Å²) >= 11 is 0. The van der Waals surface area contributed by atoms with Crippen LogP contribution in [0.1, 0.15) is 45.1 Å². The maximum Gasteiger partial charge on any atom is 0.251 e. The summed E-state index contributed by atoms with van der Waals surface area (Å²) in [7, 11) is 0. The second kappa shape index (κ2) is 6.17. The van der Waals surface area contributed by atoms with Crippen molar-refractivity contribution in [3.05, 3.63) is 70.3 Å². The minimum Gasteiger partial charge on any atom is -0.350 e. The molecule has 1 aliphatic heterocycles. The number of amides is 1. The normalized spacial score (nSPS) is 19.0. The smallest absolute Gasteiger partial charge is 0.251 e. The van der Waals surface area contributed by atoms with Crippen molar-refractivity contribution in [1.82, 2.24) is 10.6 Å². The average molecular weight is 306 g/mol. The first kappa shape index (κ1) is 14.5. The van der Waals surface area contributed by atoms with Crippen molar-refractivity contribution in [3.63, 3.8) is 0 Å². The molecule has 0 saturated heterocycles. The Morgan fingerprint density at radius 2 is 1.91 bits per heavy atom. The summed E-state index contributed by atoms with van der Waals surface area (Å²) in [6.45, 7) is 1.60. The predicted molar refractivity (Wildman–Crippen MR) is 91.7 cm³/mol. The van der Waals surface area contributed by atoms with Gasteiger partial charge in [-0.25, -0.2) is 0 Å². The summed E-state index contributed by atoms with van der Waals surface area (Å²) < 4.78 is 0. The van der Waals surface area contributed by atoms with E-state index in [2.05, 4.69) is 47.0 Å². The molecule has 0 aromatic heterocycles. The fourth-order valence-corrected chi connectivity index (χ4v) is 3.78. The van der Waals surface area contributed by atoms with Gasteiger partial charge in [0.2, 0.25) is 0 Å². The summed E-state index contributed by atoms with van der Waals surface area (Å²) in [5.41, 5.74) is 6.24. The van der Waals surface area contributed by atoms with Crippen molar-refractivity contribution in [2.75, 3.05) is 13.1 Å². The second-order valence-electron chi connectivity index (χ2n) is 6.50. The van der Waals surface area contributed by atoms with Gasteiger partial charge in [-0.1, -0.05) is 30.3 Å². The molecule has 118 valence electrons. The van der Waals surface area contributed by atoms with Crippen LogP contribution in [0.15, 0.2) is 42.5 Å². The number of hydrogen-bond donors (Lipinski definition) is 2. The van der Waals surface area contributed by atoms with Crippen molar-refractivity contribution >= 4 is 5.91 Å². The van der Waals surface area contributed by atoms with Crippen LogP contribution in [0, 0.1) is 0 Å². The van der Waals surface area contributed by atoms with E-state index in [1.807, 2.05) is 6.07 Å². The molecule has 1 atom stereocenters. The third kappa shape index (κ3) is 2.89. The molecule has 0 fully saturated rings. The van der Waals surface area contributed by atoms with E-state index in [1.165, 1.54) is 28.7 Å². The van der Waals surface area contributed by atoms with Gasteiger partial charge in [-0.15, -0.1) is 0 Å².